The van der Waals surface area contributed by atoms with Crippen LogP contribution in [0.2, 0.25) is 10.0 Å². The Balaban J connectivity index is 2.08. The van der Waals surface area contributed by atoms with E-state index in [1.54, 1.807) is 0 Å². The molecule has 1 N–H and O–H groups in total. The lowest BCUT2D eigenvalue weighted by Gasteiger charge is -2.28. The van der Waals surface area contributed by atoms with E-state index in [1.165, 1.54) is 50.5 Å². The van der Waals surface area contributed by atoms with Gasteiger partial charge in [0, 0.05) is 16.1 Å². The number of hydrogen-bond donors (Lipinski definition) is 1. The fourth-order valence-corrected chi connectivity index (χ4v) is 3.77. The van der Waals surface area contributed by atoms with Gasteiger partial charge in [-0.2, -0.15) is 0 Å². The monoisotopic (exact) mass is 327 g/mol. The van der Waals surface area contributed by atoms with E-state index in [4.69, 9.17) is 23.2 Å². The highest BCUT2D eigenvalue weighted by molar-refractivity contribution is 6.33. The van der Waals surface area contributed by atoms with Crippen molar-refractivity contribution < 1.29 is 0 Å². The fourth-order valence-electron chi connectivity index (χ4n) is 3.39. The Morgan fingerprint density at radius 2 is 1.86 bits per heavy atom. The molecule has 1 nitrogen and oxygen atoms in total. The van der Waals surface area contributed by atoms with Crippen LogP contribution in [0.15, 0.2) is 18.2 Å². The minimum atomic E-state index is 0.527. The smallest absolute Gasteiger partial charge is 0.0439 e. The highest BCUT2D eigenvalue weighted by Crippen LogP contribution is 2.29. The van der Waals surface area contributed by atoms with Crippen molar-refractivity contribution in [3.8, 4) is 0 Å². The average molecular weight is 328 g/mol. The van der Waals surface area contributed by atoms with Crippen LogP contribution >= 0.6 is 23.2 Å². The number of rotatable bonds is 6. The molecule has 0 saturated heterocycles. The van der Waals surface area contributed by atoms with Gasteiger partial charge in [0.2, 0.25) is 0 Å². The highest BCUT2D eigenvalue weighted by atomic mass is 35.5. The number of hydrogen-bond acceptors (Lipinski definition) is 1. The summed E-state index contributed by atoms with van der Waals surface area (Å²) in [6.07, 6.45) is 10.4. The van der Waals surface area contributed by atoms with Crippen molar-refractivity contribution in [3.63, 3.8) is 0 Å². The summed E-state index contributed by atoms with van der Waals surface area (Å²) in [7, 11) is 0. The first-order chi connectivity index (χ1) is 10.2. The van der Waals surface area contributed by atoms with Gasteiger partial charge in [0.25, 0.3) is 0 Å². The van der Waals surface area contributed by atoms with E-state index in [2.05, 4.69) is 12.2 Å². The van der Waals surface area contributed by atoms with E-state index in [0.717, 1.165) is 28.9 Å². The summed E-state index contributed by atoms with van der Waals surface area (Å²) in [6.45, 7) is 3.31. The summed E-state index contributed by atoms with van der Waals surface area (Å²) >= 11 is 12.5. The third-order valence-electron chi connectivity index (χ3n) is 4.57. The lowest BCUT2D eigenvalue weighted by molar-refractivity contribution is 0.317. The van der Waals surface area contributed by atoms with Gasteiger partial charge in [-0.05, 0) is 61.9 Å². The highest BCUT2D eigenvalue weighted by Gasteiger charge is 2.23. The van der Waals surface area contributed by atoms with Gasteiger partial charge in [-0.25, -0.2) is 0 Å². The second-order valence-corrected chi connectivity index (χ2v) is 7.10. The Morgan fingerprint density at radius 1 is 1.14 bits per heavy atom. The van der Waals surface area contributed by atoms with Gasteiger partial charge in [-0.1, -0.05) is 55.8 Å². The van der Waals surface area contributed by atoms with Gasteiger partial charge in [0.1, 0.15) is 0 Å². The maximum absolute atomic E-state index is 6.36. The molecule has 0 heterocycles. The molecule has 0 radical (unpaired) electrons. The number of halogens is 2. The zero-order chi connectivity index (χ0) is 15.1. The Morgan fingerprint density at radius 3 is 2.52 bits per heavy atom. The Hall–Kier alpha value is -0.240. The van der Waals surface area contributed by atoms with E-state index >= 15 is 0 Å². The van der Waals surface area contributed by atoms with E-state index in [-0.39, 0.29) is 0 Å². The van der Waals surface area contributed by atoms with Gasteiger partial charge in [0.05, 0.1) is 0 Å². The normalized spacial score (nSPS) is 18.4. The standard InChI is InChI=1S/C18H27Cl2N/c1-2-11-21-18(14-7-5-3-4-6-8-14)13-15-12-16(19)9-10-17(15)20/h9-10,12,14,18,21H,2-8,11,13H2,1H3. The molecule has 0 aromatic heterocycles. The molecule has 1 unspecified atom stereocenters. The first-order valence-corrected chi connectivity index (χ1v) is 9.13. The summed E-state index contributed by atoms with van der Waals surface area (Å²) < 4.78 is 0. The fraction of sp³-hybridized carbons (Fsp3) is 0.667. The number of benzene rings is 1. The van der Waals surface area contributed by atoms with Crippen LogP contribution in [-0.4, -0.2) is 12.6 Å². The quantitative estimate of drug-likeness (QED) is 0.644. The van der Waals surface area contributed by atoms with Gasteiger partial charge >= 0.3 is 0 Å². The van der Waals surface area contributed by atoms with Crippen LogP contribution in [0.3, 0.4) is 0 Å². The van der Waals surface area contributed by atoms with Crippen LogP contribution in [0, 0.1) is 5.92 Å². The zero-order valence-corrected chi connectivity index (χ0v) is 14.5. The van der Waals surface area contributed by atoms with Crippen LogP contribution in [0.1, 0.15) is 57.4 Å². The molecule has 3 heteroatoms. The molecule has 21 heavy (non-hydrogen) atoms. The third-order valence-corrected chi connectivity index (χ3v) is 5.18. The van der Waals surface area contributed by atoms with Crippen LogP contribution in [0.25, 0.3) is 0 Å². The molecule has 1 saturated carbocycles. The Bertz CT molecular complexity index is 425. The van der Waals surface area contributed by atoms with Crippen LogP contribution in [0.4, 0.5) is 0 Å². The van der Waals surface area contributed by atoms with Gasteiger partial charge in [-0.15, -0.1) is 0 Å². The summed E-state index contributed by atoms with van der Waals surface area (Å²) in [5, 5.41) is 5.39. The molecule has 1 aliphatic rings. The summed E-state index contributed by atoms with van der Waals surface area (Å²) in [5.41, 5.74) is 1.18. The third kappa shape index (κ3) is 5.47. The zero-order valence-electron chi connectivity index (χ0n) is 13.0. The van der Waals surface area contributed by atoms with Gasteiger partial charge in [0.15, 0.2) is 0 Å². The molecule has 118 valence electrons. The van der Waals surface area contributed by atoms with Crippen molar-refractivity contribution in [1.29, 1.82) is 0 Å². The van der Waals surface area contributed by atoms with Gasteiger partial charge < -0.3 is 5.32 Å². The summed E-state index contributed by atoms with van der Waals surface area (Å²) in [4.78, 5) is 0. The SMILES string of the molecule is CCCNC(Cc1cc(Cl)ccc1Cl)C1CCCCCC1. The van der Waals surface area contributed by atoms with Crippen molar-refractivity contribution >= 4 is 23.2 Å². The maximum Gasteiger partial charge on any atom is 0.0439 e. The van der Waals surface area contributed by atoms with Crippen molar-refractivity contribution in [2.45, 2.75) is 64.3 Å². The maximum atomic E-state index is 6.36. The molecule has 0 spiro atoms. The molecule has 1 fully saturated rings. The van der Waals surface area contributed by atoms with E-state index < -0.39 is 0 Å². The topological polar surface area (TPSA) is 12.0 Å². The van der Waals surface area contributed by atoms with Crippen LogP contribution in [-0.2, 0) is 6.42 Å². The largest absolute Gasteiger partial charge is 0.313 e. The Labute approximate surface area is 139 Å². The predicted octanol–water partition coefficient (Wildman–Crippen LogP) is 5.87. The minimum absolute atomic E-state index is 0.527. The van der Waals surface area contributed by atoms with Gasteiger partial charge in [-0.3, -0.25) is 0 Å². The molecule has 1 aromatic rings. The van der Waals surface area contributed by atoms with E-state index in [0.29, 0.717) is 6.04 Å². The van der Waals surface area contributed by atoms with Crippen molar-refractivity contribution in [3.05, 3.63) is 33.8 Å². The second-order valence-electron chi connectivity index (χ2n) is 6.25. The second kappa shape index (κ2) is 9.02. The summed E-state index contributed by atoms with van der Waals surface area (Å²) in [5.74, 6) is 0.772. The molecule has 0 amide bonds. The molecule has 1 aromatic carbocycles. The molecular weight excluding hydrogens is 301 g/mol. The Kier molecular flexibility index (Phi) is 7.36. The molecule has 0 bridgehead atoms. The van der Waals surface area contributed by atoms with Crippen molar-refractivity contribution in [1.82, 2.24) is 5.32 Å². The molecule has 1 aliphatic carbocycles. The first kappa shape index (κ1) is 17.1. The lowest BCUT2D eigenvalue weighted by atomic mass is 9.87. The van der Waals surface area contributed by atoms with Crippen LogP contribution < -0.4 is 5.32 Å². The van der Waals surface area contributed by atoms with E-state index in [9.17, 15) is 0 Å². The van der Waals surface area contributed by atoms with Crippen molar-refractivity contribution in [2.24, 2.45) is 5.92 Å². The number of nitrogens with one attached hydrogen (secondary N) is 1. The molecule has 0 aliphatic heterocycles. The predicted molar refractivity (Wildman–Crippen MR) is 93.4 cm³/mol. The average Bonchev–Trinajstić information content (AvgIpc) is 2.76. The molecule has 1 atom stereocenters. The lowest BCUT2D eigenvalue weighted by Crippen LogP contribution is -2.38. The molecule has 2 rings (SSSR count). The minimum Gasteiger partial charge on any atom is -0.313 e. The van der Waals surface area contributed by atoms with E-state index in [1.807, 2.05) is 18.2 Å². The summed E-state index contributed by atoms with van der Waals surface area (Å²) in [6, 6.07) is 6.34. The van der Waals surface area contributed by atoms with Crippen LogP contribution in [0.5, 0.6) is 0 Å². The molecular formula is C18H27Cl2N. The van der Waals surface area contributed by atoms with Crippen molar-refractivity contribution in [2.75, 3.05) is 6.54 Å². The first-order valence-electron chi connectivity index (χ1n) is 8.38.